The molecule has 0 aromatic heterocycles. The molecular weight excluding hydrogens is 759 g/mol. The fourth-order valence-electron chi connectivity index (χ4n) is 4.66. The summed E-state index contributed by atoms with van der Waals surface area (Å²) in [5.41, 5.74) is 5.71. The predicted octanol–water partition coefficient (Wildman–Crippen LogP) is -2.58. The summed E-state index contributed by atoms with van der Waals surface area (Å²) >= 11 is 0. The number of hydrogen-bond donors (Lipinski definition) is 12. The quantitative estimate of drug-likeness (QED) is 0.0477. The van der Waals surface area contributed by atoms with Crippen LogP contribution in [0.25, 0.3) is 0 Å². The van der Waals surface area contributed by atoms with E-state index in [1.54, 1.807) is 13.8 Å². The Labute approximate surface area is 313 Å². The topological polar surface area (TPSA) is 387 Å². The normalized spacial score (nSPS) is 14.5. The number of rotatable bonds is 24. The first-order valence-corrected chi connectivity index (χ1v) is 17.9. The van der Waals surface area contributed by atoms with E-state index in [4.69, 9.17) is 20.6 Å². The third kappa shape index (κ3) is 18.8. The Morgan fingerprint density at radius 3 is 1.64 bits per heavy atom. The monoisotopic (exact) mass is 804 g/mol. The van der Waals surface area contributed by atoms with Crippen LogP contribution in [0.15, 0.2) is 24.3 Å². The van der Waals surface area contributed by atoms with Crippen molar-refractivity contribution in [2.75, 3.05) is 0 Å². The van der Waals surface area contributed by atoms with Crippen molar-refractivity contribution < 1.29 is 82.5 Å². The summed E-state index contributed by atoms with van der Waals surface area (Å²) in [6.07, 6.45) is -3.67. The van der Waals surface area contributed by atoms with Crippen LogP contribution in [-0.4, -0.2) is 120 Å². The van der Waals surface area contributed by atoms with Gasteiger partial charge in [-0.2, -0.15) is 0 Å². The van der Waals surface area contributed by atoms with E-state index in [0.29, 0.717) is 0 Å². The van der Waals surface area contributed by atoms with Gasteiger partial charge in [-0.3, -0.25) is 48.1 Å². The molecule has 0 heterocycles. The van der Waals surface area contributed by atoms with E-state index in [9.17, 15) is 63.0 Å². The molecule has 0 aliphatic rings. The Balaban J connectivity index is 3.39. The van der Waals surface area contributed by atoms with Gasteiger partial charge < -0.3 is 57.3 Å². The van der Waals surface area contributed by atoms with Gasteiger partial charge in [-0.1, -0.05) is 26.0 Å². The number of carboxylic acids is 4. The maximum Gasteiger partial charge on any atom is 0.524 e. The van der Waals surface area contributed by atoms with Crippen LogP contribution in [-0.2, 0) is 54.1 Å². The third-order valence-corrected chi connectivity index (χ3v) is 7.77. The van der Waals surface area contributed by atoms with Crippen molar-refractivity contribution >= 4 is 61.2 Å². The number of phosphoric ester groups is 1. The van der Waals surface area contributed by atoms with E-state index < -0.39 is 130 Å². The minimum absolute atomic E-state index is 0.0262. The van der Waals surface area contributed by atoms with Crippen molar-refractivity contribution in [2.24, 2.45) is 11.7 Å². The van der Waals surface area contributed by atoms with E-state index in [1.807, 2.05) is 0 Å². The van der Waals surface area contributed by atoms with Crippen molar-refractivity contribution in [3.8, 4) is 5.75 Å². The lowest BCUT2D eigenvalue weighted by molar-refractivity contribution is -0.142. The second-order valence-electron chi connectivity index (χ2n) is 12.6. The molecule has 1 aromatic carbocycles. The zero-order valence-corrected chi connectivity index (χ0v) is 30.7. The van der Waals surface area contributed by atoms with Gasteiger partial charge in [0.05, 0.1) is 18.9 Å². The van der Waals surface area contributed by atoms with Gasteiger partial charge >= 0.3 is 31.7 Å². The van der Waals surface area contributed by atoms with Crippen LogP contribution in [0.2, 0.25) is 0 Å². The number of phosphoric acid groups is 1. The molecule has 1 aromatic rings. The minimum Gasteiger partial charge on any atom is -0.481 e. The third-order valence-electron chi connectivity index (χ3n) is 7.32. The number of nitrogens with two attached hydrogens (primary N) is 1. The minimum atomic E-state index is -4.93. The van der Waals surface area contributed by atoms with Crippen LogP contribution in [0.4, 0.5) is 0 Å². The number of amides is 5. The molecule has 0 bridgehead atoms. The molecule has 0 saturated carbocycles. The molecule has 0 fully saturated rings. The highest BCUT2D eigenvalue weighted by molar-refractivity contribution is 7.46. The standard InChI is InChI=1S/C31H45N6O17P/c1-14(2)10-22(31(49)50)37-29(47)20(11-16-4-6-17(7-5-16)54-55(51,52)53)36-28(46)19(8-9-23(38)39)34-30(48)21(13-25(42)43)35-26(44)15(3)33-27(45)18(32)12-24(40)41/h4-7,14-15,18-22H,8-13,32H2,1-3H3,(H,33,45)(H,34,48)(H,35,44)(H,36,46)(H,37,47)(H,38,39)(H,40,41)(H,42,43)(H,49,50)(H2,51,52,53)/t15-,18-,19-,20-,21-,22-/m0/s1. The molecule has 24 heteroatoms. The average Bonchev–Trinajstić information content (AvgIpc) is 3.04. The summed E-state index contributed by atoms with van der Waals surface area (Å²) in [7, 11) is -4.93. The van der Waals surface area contributed by atoms with Crippen LogP contribution in [0.5, 0.6) is 5.75 Å². The van der Waals surface area contributed by atoms with Crippen molar-refractivity contribution in [1.82, 2.24) is 26.6 Å². The van der Waals surface area contributed by atoms with E-state index in [1.165, 1.54) is 12.1 Å². The summed E-state index contributed by atoms with van der Waals surface area (Å²) in [5, 5.41) is 48.1. The number of benzene rings is 1. The van der Waals surface area contributed by atoms with Gasteiger partial charge in [-0.25, -0.2) is 9.36 Å². The molecule has 5 amide bonds. The number of carbonyl (C=O) groups excluding carboxylic acids is 5. The number of aliphatic carboxylic acids is 4. The number of nitrogens with one attached hydrogen (secondary N) is 5. The Morgan fingerprint density at radius 2 is 1.15 bits per heavy atom. The summed E-state index contributed by atoms with van der Waals surface area (Å²) in [6.45, 7) is 4.49. The molecular formula is C31H45N6O17P. The second-order valence-corrected chi connectivity index (χ2v) is 13.8. The first-order valence-electron chi connectivity index (χ1n) is 16.4. The highest BCUT2D eigenvalue weighted by Crippen LogP contribution is 2.37. The van der Waals surface area contributed by atoms with Crippen molar-refractivity contribution in [3.63, 3.8) is 0 Å². The van der Waals surface area contributed by atoms with E-state index in [0.717, 1.165) is 19.1 Å². The number of carbonyl (C=O) groups is 9. The van der Waals surface area contributed by atoms with Crippen LogP contribution in [0.1, 0.15) is 58.4 Å². The Morgan fingerprint density at radius 1 is 0.655 bits per heavy atom. The van der Waals surface area contributed by atoms with Gasteiger partial charge in [-0.15, -0.1) is 0 Å². The summed E-state index contributed by atoms with van der Waals surface area (Å²) in [6, 6.07) is -5.01. The fourth-order valence-corrected chi connectivity index (χ4v) is 5.06. The lowest BCUT2D eigenvalue weighted by atomic mass is 10.0. The van der Waals surface area contributed by atoms with Crippen LogP contribution in [0, 0.1) is 5.92 Å². The molecule has 0 radical (unpaired) electrons. The molecule has 0 spiro atoms. The lowest BCUT2D eigenvalue weighted by Crippen LogP contribution is -2.59. The number of carboxylic acid groups (broad SMARTS) is 4. The first kappa shape index (κ1) is 47.4. The van der Waals surface area contributed by atoms with Gasteiger partial charge in [0.15, 0.2) is 0 Å². The molecule has 0 unspecified atom stereocenters. The van der Waals surface area contributed by atoms with E-state index in [-0.39, 0.29) is 23.7 Å². The van der Waals surface area contributed by atoms with Gasteiger partial charge in [-0.05, 0) is 43.4 Å². The van der Waals surface area contributed by atoms with Crippen LogP contribution < -0.4 is 36.8 Å². The SMILES string of the molecule is CC(C)C[C@H](NC(=O)[C@H](Cc1ccc(OP(=O)(O)O)cc1)NC(=O)[C@H](CCC(=O)O)NC(=O)[C@H](CC(=O)O)NC(=O)[C@H](C)NC(=O)[C@@H](N)CC(=O)O)C(=O)O. The zero-order valence-electron chi connectivity index (χ0n) is 29.8. The van der Waals surface area contributed by atoms with Gasteiger partial charge in [0.2, 0.25) is 29.5 Å². The van der Waals surface area contributed by atoms with Gasteiger partial charge in [0.25, 0.3) is 0 Å². The van der Waals surface area contributed by atoms with E-state index >= 15 is 0 Å². The molecule has 55 heavy (non-hydrogen) atoms. The van der Waals surface area contributed by atoms with Gasteiger partial charge in [0.1, 0.15) is 36.0 Å². The van der Waals surface area contributed by atoms with Crippen molar-refractivity contribution in [1.29, 1.82) is 0 Å². The van der Waals surface area contributed by atoms with Crippen molar-refractivity contribution in [3.05, 3.63) is 29.8 Å². The second kappa shape index (κ2) is 21.9. The van der Waals surface area contributed by atoms with Crippen molar-refractivity contribution in [2.45, 2.75) is 95.5 Å². The summed E-state index contributed by atoms with van der Waals surface area (Å²) < 4.78 is 15.7. The molecule has 0 aliphatic carbocycles. The first-order chi connectivity index (χ1) is 25.4. The molecule has 13 N–H and O–H groups in total. The molecule has 0 aliphatic heterocycles. The maximum atomic E-state index is 13.6. The molecule has 6 atom stereocenters. The summed E-state index contributed by atoms with van der Waals surface area (Å²) in [5.74, 6) is -12.1. The largest absolute Gasteiger partial charge is 0.524 e. The number of hydrogen-bond acceptors (Lipinski definition) is 12. The van der Waals surface area contributed by atoms with Crippen LogP contribution >= 0.6 is 7.82 Å². The molecule has 1 rings (SSSR count). The van der Waals surface area contributed by atoms with E-state index in [2.05, 4.69) is 31.1 Å². The highest BCUT2D eigenvalue weighted by Gasteiger charge is 2.34. The Bertz CT molecular complexity index is 1630. The lowest BCUT2D eigenvalue weighted by Gasteiger charge is -2.26. The highest BCUT2D eigenvalue weighted by atomic mass is 31.2. The molecule has 0 saturated heterocycles. The summed E-state index contributed by atoms with van der Waals surface area (Å²) in [4.78, 5) is 129. The smallest absolute Gasteiger partial charge is 0.481 e. The maximum absolute atomic E-state index is 13.6. The Kier molecular flexibility index (Phi) is 18.9. The fraction of sp³-hybridized carbons (Fsp3) is 0.516. The zero-order chi connectivity index (χ0) is 42.2. The average molecular weight is 805 g/mol. The predicted molar refractivity (Wildman–Crippen MR) is 185 cm³/mol. The molecule has 23 nitrogen and oxygen atoms in total. The Hall–Kier alpha value is -5.64. The van der Waals surface area contributed by atoms with Crippen LogP contribution in [0.3, 0.4) is 0 Å². The molecule has 306 valence electrons. The van der Waals surface area contributed by atoms with Gasteiger partial charge in [0, 0.05) is 12.8 Å².